The lowest BCUT2D eigenvalue weighted by atomic mass is 10.1. The summed E-state index contributed by atoms with van der Waals surface area (Å²) in [4.78, 5) is 28.8. The standard InChI is InChI=1S/C18H19N5O3S/c1-2-3-8-20-16(24)14-15(12-6-9-27-11-12)23-26-17(14)22-18(25)21-13-5-4-7-19-10-13/h4-7,9-11H,2-3,8H2,1H3,(H,20,24)(H2,21,22,25). The average molecular weight is 385 g/mol. The predicted molar refractivity (Wildman–Crippen MR) is 104 cm³/mol. The first-order chi connectivity index (χ1) is 13.2. The van der Waals surface area contributed by atoms with Crippen molar-refractivity contribution >= 4 is 34.8 Å². The monoisotopic (exact) mass is 385 g/mol. The van der Waals surface area contributed by atoms with Gasteiger partial charge in [0.2, 0.25) is 5.88 Å². The summed E-state index contributed by atoms with van der Waals surface area (Å²) in [5.41, 5.74) is 1.86. The first-order valence-corrected chi connectivity index (χ1v) is 9.41. The van der Waals surface area contributed by atoms with Gasteiger partial charge in [-0.25, -0.2) is 4.79 Å². The zero-order chi connectivity index (χ0) is 19.1. The van der Waals surface area contributed by atoms with Crippen LogP contribution in [0.15, 0.2) is 45.9 Å². The number of urea groups is 1. The van der Waals surface area contributed by atoms with E-state index in [9.17, 15) is 9.59 Å². The highest BCUT2D eigenvalue weighted by Gasteiger charge is 2.25. The molecular formula is C18H19N5O3S. The van der Waals surface area contributed by atoms with Gasteiger partial charge in [0.1, 0.15) is 11.3 Å². The number of carbonyl (C=O) groups excluding carboxylic acids is 2. The first kappa shape index (κ1) is 18.6. The molecule has 27 heavy (non-hydrogen) atoms. The molecule has 0 bridgehead atoms. The summed E-state index contributed by atoms with van der Waals surface area (Å²) in [6.07, 6.45) is 4.93. The Morgan fingerprint density at radius 2 is 2.15 bits per heavy atom. The fourth-order valence-corrected chi connectivity index (χ4v) is 2.99. The van der Waals surface area contributed by atoms with Crippen LogP contribution in [-0.2, 0) is 0 Å². The van der Waals surface area contributed by atoms with Gasteiger partial charge in [-0.2, -0.15) is 11.3 Å². The SMILES string of the molecule is CCCCNC(=O)c1c(-c2ccsc2)noc1NC(=O)Nc1cccnc1. The number of nitrogens with zero attached hydrogens (tertiary/aromatic N) is 2. The lowest BCUT2D eigenvalue weighted by molar-refractivity contribution is 0.0954. The third-order valence-electron chi connectivity index (χ3n) is 3.68. The van der Waals surface area contributed by atoms with Crippen molar-refractivity contribution in [3.63, 3.8) is 0 Å². The quantitative estimate of drug-likeness (QED) is 0.533. The molecule has 140 valence electrons. The van der Waals surface area contributed by atoms with E-state index in [1.54, 1.807) is 18.3 Å². The Balaban J connectivity index is 1.81. The maximum absolute atomic E-state index is 12.7. The van der Waals surface area contributed by atoms with E-state index in [1.165, 1.54) is 17.5 Å². The van der Waals surface area contributed by atoms with Crippen molar-refractivity contribution in [3.05, 3.63) is 46.9 Å². The van der Waals surface area contributed by atoms with Crippen molar-refractivity contribution in [1.29, 1.82) is 0 Å². The summed E-state index contributed by atoms with van der Waals surface area (Å²) in [5.74, 6) is -0.353. The van der Waals surface area contributed by atoms with Crippen molar-refractivity contribution in [3.8, 4) is 11.3 Å². The van der Waals surface area contributed by atoms with E-state index in [-0.39, 0.29) is 17.4 Å². The summed E-state index contributed by atoms with van der Waals surface area (Å²) >= 11 is 1.48. The van der Waals surface area contributed by atoms with Crippen LogP contribution >= 0.6 is 11.3 Å². The Kier molecular flexibility index (Phi) is 6.16. The van der Waals surface area contributed by atoms with E-state index in [0.717, 1.165) is 18.4 Å². The molecule has 3 amide bonds. The van der Waals surface area contributed by atoms with Crippen LogP contribution < -0.4 is 16.0 Å². The molecule has 3 N–H and O–H groups in total. The van der Waals surface area contributed by atoms with Crippen molar-refractivity contribution in [1.82, 2.24) is 15.5 Å². The molecule has 0 radical (unpaired) electrons. The minimum atomic E-state index is -0.557. The lowest BCUT2D eigenvalue weighted by Crippen LogP contribution is -2.27. The topological polar surface area (TPSA) is 109 Å². The second-order valence-corrected chi connectivity index (χ2v) is 6.46. The van der Waals surface area contributed by atoms with Gasteiger partial charge in [0, 0.05) is 23.7 Å². The average Bonchev–Trinajstić information content (AvgIpc) is 3.32. The number of nitrogens with one attached hydrogen (secondary N) is 3. The molecule has 0 spiro atoms. The maximum Gasteiger partial charge on any atom is 0.326 e. The molecule has 3 aromatic rings. The Bertz CT molecular complexity index is 893. The van der Waals surface area contributed by atoms with Crippen molar-refractivity contribution in [2.24, 2.45) is 0 Å². The maximum atomic E-state index is 12.7. The highest BCUT2D eigenvalue weighted by molar-refractivity contribution is 7.08. The molecule has 0 unspecified atom stereocenters. The van der Waals surface area contributed by atoms with Crippen LogP contribution in [-0.4, -0.2) is 28.6 Å². The molecular weight excluding hydrogens is 366 g/mol. The van der Waals surface area contributed by atoms with Crippen LogP contribution in [0.2, 0.25) is 0 Å². The highest BCUT2D eigenvalue weighted by Crippen LogP contribution is 2.30. The minimum Gasteiger partial charge on any atom is -0.352 e. The summed E-state index contributed by atoms with van der Waals surface area (Å²) in [5, 5.41) is 15.7. The Morgan fingerprint density at radius 1 is 1.26 bits per heavy atom. The molecule has 0 fully saturated rings. The summed E-state index contributed by atoms with van der Waals surface area (Å²) in [7, 11) is 0. The number of hydrogen-bond acceptors (Lipinski definition) is 6. The normalized spacial score (nSPS) is 10.4. The Labute approximate surface area is 160 Å². The number of thiophene rings is 1. The second kappa shape index (κ2) is 8.95. The van der Waals surface area contributed by atoms with Gasteiger partial charge in [0.05, 0.1) is 11.9 Å². The van der Waals surface area contributed by atoms with Gasteiger partial charge in [0.15, 0.2) is 0 Å². The van der Waals surface area contributed by atoms with Crippen LogP contribution in [0, 0.1) is 0 Å². The zero-order valence-corrected chi connectivity index (χ0v) is 15.5. The fraction of sp³-hybridized carbons (Fsp3) is 0.222. The largest absolute Gasteiger partial charge is 0.352 e. The molecule has 0 aliphatic rings. The molecule has 9 heteroatoms. The van der Waals surface area contributed by atoms with Crippen molar-refractivity contribution in [2.45, 2.75) is 19.8 Å². The van der Waals surface area contributed by atoms with E-state index in [2.05, 4.69) is 26.1 Å². The molecule has 3 aromatic heterocycles. The molecule has 0 aromatic carbocycles. The number of carbonyl (C=O) groups is 2. The Hall–Kier alpha value is -3.20. The Morgan fingerprint density at radius 3 is 2.85 bits per heavy atom. The number of rotatable bonds is 7. The van der Waals surface area contributed by atoms with Crippen LogP contribution in [0.25, 0.3) is 11.3 Å². The smallest absolute Gasteiger partial charge is 0.326 e. The highest BCUT2D eigenvalue weighted by atomic mass is 32.1. The van der Waals surface area contributed by atoms with Crippen molar-refractivity contribution in [2.75, 3.05) is 17.2 Å². The summed E-state index contributed by atoms with van der Waals surface area (Å²) < 4.78 is 5.26. The van der Waals surface area contributed by atoms with Gasteiger partial charge in [-0.1, -0.05) is 18.5 Å². The fourth-order valence-electron chi connectivity index (χ4n) is 2.35. The van der Waals surface area contributed by atoms with Gasteiger partial charge < -0.3 is 15.2 Å². The van der Waals surface area contributed by atoms with Gasteiger partial charge in [-0.3, -0.25) is 15.1 Å². The number of pyridine rings is 1. The van der Waals surface area contributed by atoms with Crippen LogP contribution in [0.4, 0.5) is 16.4 Å². The number of anilines is 2. The van der Waals surface area contributed by atoms with Gasteiger partial charge >= 0.3 is 6.03 Å². The molecule has 0 aliphatic heterocycles. The van der Waals surface area contributed by atoms with Gasteiger partial charge in [-0.05, 0) is 30.0 Å². The predicted octanol–water partition coefficient (Wildman–Crippen LogP) is 3.97. The molecule has 0 saturated carbocycles. The van der Waals surface area contributed by atoms with E-state index in [4.69, 9.17) is 4.52 Å². The minimum absolute atomic E-state index is 0.00779. The molecule has 8 nitrogen and oxygen atoms in total. The zero-order valence-electron chi connectivity index (χ0n) is 14.7. The van der Waals surface area contributed by atoms with Crippen LogP contribution in [0.3, 0.4) is 0 Å². The van der Waals surface area contributed by atoms with Gasteiger partial charge in [-0.15, -0.1) is 0 Å². The molecule has 0 aliphatic carbocycles. The van der Waals surface area contributed by atoms with Crippen LogP contribution in [0.5, 0.6) is 0 Å². The molecule has 0 saturated heterocycles. The van der Waals surface area contributed by atoms with Crippen molar-refractivity contribution < 1.29 is 14.1 Å². The van der Waals surface area contributed by atoms with Crippen LogP contribution in [0.1, 0.15) is 30.1 Å². The number of hydrogen-bond donors (Lipinski definition) is 3. The van der Waals surface area contributed by atoms with Gasteiger partial charge in [0.25, 0.3) is 5.91 Å². The number of unbranched alkanes of at least 4 members (excludes halogenated alkanes) is 1. The first-order valence-electron chi connectivity index (χ1n) is 8.47. The van der Waals surface area contributed by atoms with E-state index in [0.29, 0.717) is 17.9 Å². The third-order valence-corrected chi connectivity index (χ3v) is 4.36. The number of amides is 3. The number of aromatic nitrogens is 2. The lowest BCUT2D eigenvalue weighted by Gasteiger charge is -2.07. The molecule has 0 atom stereocenters. The summed E-state index contributed by atoms with van der Waals surface area (Å²) in [6, 6.07) is 4.68. The molecule has 3 rings (SSSR count). The van der Waals surface area contributed by atoms with E-state index < -0.39 is 6.03 Å². The third kappa shape index (κ3) is 4.70. The van der Waals surface area contributed by atoms with E-state index >= 15 is 0 Å². The second-order valence-electron chi connectivity index (χ2n) is 5.68. The van der Waals surface area contributed by atoms with E-state index in [1.807, 2.05) is 23.8 Å². The summed E-state index contributed by atoms with van der Waals surface area (Å²) in [6.45, 7) is 2.57. The molecule has 3 heterocycles.